The first-order chi connectivity index (χ1) is 8.82. The van der Waals surface area contributed by atoms with E-state index in [1.54, 1.807) is 12.1 Å². The van der Waals surface area contributed by atoms with Gasteiger partial charge in [-0.05, 0) is 23.6 Å². The normalized spacial score (nSPS) is 12.4. The maximum absolute atomic E-state index is 12.5. The summed E-state index contributed by atoms with van der Waals surface area (Å²) in [6.45, 7) is 7.04. The summed E-state index contributed by atoms with van der Waals surface area (Å²) in [6.07, 6.45) is 0. The average Bonchev–Trinajstić information content (AvgIpc) is 2.35. The Morgan fingerprint density at radius 2 is 2.00 bits per heavy atom. The van der Waals surface area contributed by atoms with Gasteiger partial charge in [0, 0.05) is 24.7 Å². The second-order valence-electron chi connectivity index (χ2n) is 4.81. The maximum Gasteiger partial charge on any atom is 0.243 e. The Morgan fingerprint density at radius 3 is 2.42 bits per heavy atom. The lowest BCUT2D eigenvalue weighted by atomic mass is 10.2. The molecule has 0 aliphatic heterocycles. The third-order valence-corrected chi connectivity index (χ3v) is 5.09. The molecular weight excluding hydrogens is 284 g/mol. The molecule has 0 fully saturated rings. The molecule has 1 rings (SSSR count). The van der Waals surface area contributed by atoms with Gasteiger partial charge in [-0.2, -0.15) is 4.31 Å². The molecule has 2 N–H and O–H groups in total. The highest BCUT2D eigenvalue weighted by Crippen LogP contribution is 2.23. The molecule has 0 aliphatic rings. The number of hydrogen-bond acceptors (Lipinski definition) is 3. The SMILES string of the molecule is CCN(CC(C)C)S(=O)(=O)c1ccc(CN)c(Cl)c1. The molecule has 6 heteroatoms. The van der Waals surface area contributed by atoms with Gasteiger partial charge < -0.3 is 5.73 Å². The van der Waals surface area contributed by atoms with Gasteiger partial charge in [-0.3, -0.25) is 0 Å². The topological polar surface area (TPSA) is 63.4 Å². The summed E-state index contributed by atoms with van der Waals surface area (Å²) in [5.74, 6) is 0.272. The van der Waals surface area contributed by atoms with Gasteiger partial charge in [0.1, 0.15) is 0 Å². The summed E-state index contributed by atoms with van der Waals surface area (Å²) in [4.78, 5) is 0.220. The van der Waals surface area contributed by atoms with Crippen molar-refractivity contribution in [1.82, 2.24) is 4.31 Å². The van der Waals surface area contributed by atoms with E-state index in [4.69, 9.17) is 17.3 Å². The molecule has 0 aromatic heterocycles. The Labute approximate surface area is 120 Å². The predicted octanol–water partition coefficient (Wildman–Crippen LogP) is 2.47. The molecule has 0 bridgehead atoms. The van der Waals surface area contributed by atoms with E-state index >= 15 is 0 Å². The van der Waals surface area contributed by atoms with Crippen molar-refractivity contribution >= 4 is 21.6 Å². The average molecular weight is 305 g/mol. The maximum atomic E-state index is 12.5. The largest absolute Gasteiger partial charge is 0.326 e. The fraction of sp³-hybridized carbons (Fsp3) is 0.538. The van der Waals surface area contributed by atoms with Crippen LogP contribution in [-0.4, -0.2) is 25.8 Å². The third kappa shape index (κ3) is 3.92. The second-order valence-corrected chi connectivity index (χ2v) is 7.15. The van der Waals surface area contributed by atoms with Crippen molar-refractivity contribution in [3.63, 3.8) is 0 Å². The molecule has 0 spiro atoms. The summed E-state index contributed by atoms with van der Waals surface area (Å²) in [5.41, 5.74) is 6.26. The van der Waals surface area contributed by atoms with E-state index in [1.807, 2.05) is 20.8 Å². The van der Waals surface area contributed by atoms with Gasteiger partial charge in [0.15, 0.2) is 0 Å². The first-order valence-electron chi connectivity index (χ1n) is 6.31. The molecule has 0 saturated heterocycles. The molecule has 0 aliphatic carbocycles. The molecule has 0 heterocycles. The monoisotopic (exact) mass is 304 g/mol. The molecule has 0 saturated carbocycles. The Hall–Kier alpha value is -0.620. The van der Waals surface area contributed by atoms with Crippen molar-refractivity contribution in [3.8, 4) is 0 Å². The van der Waals surface area contributed by atoms with Crippen LogP contribution in [-0.2, 0) is 16.6 Å². The van der Waals surface area contributed by atoms with E-state index < -0.39 is 10.0 Å². The van der Waals surface area contributed by atoms with Crippen LogP contribution in [0.4, 0.5) is 0 Å². The molecule has 0 atom stereocenters. The van der Waals surface area contributed by atoms with Crippen molar-refractivity contribution in [2.45, 2.75) is 32.2 Å². The number of nitrogens with two attached hydrogens (primary N) is 1. The third-order valence-electron chi connectivity index (χ3n) is 2.80. The van der Waals surface area contributed by atoms with Crippen LogP contribution in [0.25, 0.3) is 0 Å². The number of benzene rings is 1. The quantitative estimate of drug-likeness (QED) is 0.878. The molecule has 0 amide bonds. The predicted molar refractivity (Wildman–Crippen MR) is 78.6 cm³/mol. The fourth-order valence-electron chi connectivity index (χ4n) is 1.81. The summed E-state index contributed by atoms with van der Waals surface area (Å²) >= 11 is 6.03. The number of rotatable bonds is 6. The molecule has 0 radical (unpaired) electrons. The first kappa shape index (κ1) is 16.4. The lowest BCUT2D eigenvalue weighted by molar-refractivity contribution is 0.381. The van der Waals surface area contributed by atoms with Gasteiger partial charge in [0.25, 0.3) is 0 Å². The van der Waals surface area contributed by atoms with Crippen molar-refractivity contribution in [3.05, 3.63) is 28.8 Å². The van der Waals surface area contributed by atoms with Gasteiger partial charge in [0.2, 0.25) is 10.0 Å². The smallest absolute Gasteiger partial charge is 0.243 e. The zero-order valence-corrected chi connectivity index (χ0v) is 13.1. The molecule has 1 aromatic rings. The van der Waals surface area contributed by atoms with E-state index in [9.17, 15) is 8.42 Å². The lowest BCUT2D eigenvalue weighted by Crippen LogP contribution is -2.34. The number of halogens is 1. The van der Waals surface area contributed by atoms with E-state index in [0.29, 0.717) is 24.7 Å². The zero-order chi connectivity index (χ0) is 14.6. The Morgan fingerprint density at radius 1 is 1.37 bits per heavy atom. The van der Waals surface area contributed by atoms with Crippen molar-refractivity contribution in [2.75, 3.05) is 13.1 Å². The summed E-state index contributed by atoms with van der Waals surface area (Å²) < 4.78 is 26.4. The van der Waals surface area contributed by atoms with Gasteiger partial charge >= 0.3 is 0 Å². The van der Waals surface area contributed by atoms with Gasteiger partial charge in [0.05, 0.1) is 4.90 Å². The van der Waals surface area contributed by atoms with Crippen LogP contribution in [0.15, 0.2) is 23.1 Å². The minimum absolute atomic E-state index is 0.220. The van der Waals surface area contributed by atoms with Crippen LogP contribution in [0.3, 0.4) is 0 Å². The van der Waals surface area contributed by atoms with Crippen LogP contribution in [0.2, 0.25) is 5.02 Å². The van der Waals surface area contributed by atoms with Crippen LogP contribution < -0.4 is 5.73 Å². The number of nitrogens with zero attached hydrogens (tertiary/aromatic N) is 1. The first-order valence-corrected chi connectivity index (χ1v) is 8.13. The Balaban J connectivity index is 3.15. The van der Waals surface area contributed by atoms with Crippen molar-refractivity contribution < 1.29 is 8.42 Å². The van der Waals surface area contributed by atoms with E-state index in [0.717, 1.165) is 5.56 Å². The van der Waals surface area contributed by atoms with E-state index in [-0.39, 0.29) is 10.8 Å². The van der Waals surface area contributed by atoms with Gasteiger partial charge in [-0.1, -0.05) is 38.4 Å². The van der Waals surface area contributed by atoms with Gasteiger partial charge in [-0.25, -0.2) is 8.42 Å². The Kier molecular flexibility index (Phi) is 5.80. The zero-order valence-electron chi connectivity index (χ0n) is 11.6. The molecule has 4 nitrogen and oxygen atoms in total. The molecule has 19 heavy (non-hydrogen) atoms. The lowest BCUT2D eigenvalue weighted by Gasteiger charge is -2.22. The summed E-state index contributed by atoms with van der Waals surface area (Å²) in [5, 5.41) is 0.393. The van der Waals surface area contributed by atoms with Crippen LogP contribution >= 0.6 is 11.6 Å². The van der Waals surface area contributed by atoms with E-state index in [1.165, 1.54) is 10.4 Å². The molecular formula is C13H21ClN2O2S. The summed E-state index contributed by atoms with van der Waals surface area (Å²) in [7, 11) is -3.49. The van der Waals surface area contributed by atoms with Crippen LogP contribution in [0.1, 0.15) is 26.3 Å². The van der Waals surface area contributed by atoms with Crippen molar-refractivity contribution in [1.29, 1.82) is 0 Å². The number of hydrogen-bond donors (Lipinski definition) is 1. The second kappa shape index (κ2) is 6.70. The highest BCUT2D eigenvalue weighted by atomic mass is 35.5. The Bertz CT molecular complexity index is 529. The molecule has 1 aromatic carbocycles. The number of sulfonamides is 1. The standard InChI is InChI=1S/C13H21ClN2O2S/c1-4-16(9-10(2)3)19(17,18)12-6-5-11(8-15)13(14)7-12/h5-7,10H,4,8-9,15H2,1-3H3. The van der Waals surface area contributed by atoms with Crippen LogP contribution in [0, 0.1) is 5.92 Å². The van der Waals surface area contributed by atoms with Crippen molar-refractivity contribution in [2.24, 2.45) is 11.7 Å². The van der Waals surface area contributed by atoms with E-state index in [2.05, 4.69) is 0 Å². The highest BCUT2D eigenvalue weighted by molar-refractivity contribution is 7.89. The molecule has 0 unspecified atom stereocenters. The molecule has 108 valence electrons. The minimum atomic E-state index is -3.49. The summed E-state index contributed by atoms with van der Waals surface area (Å²) in [6, 6.07) is 4.70. The van der Waals surface area contributed by atoms with Gasteiger partial charge in [-0.15, -0.1) is 0 Å². The highest BCUT2D eigenvalue weighted by Gasteiger charge is 2.24. The minimum Gasteiger partial charge on any atom is -0.326 e. The fourth-order valence-corrected chi connectivity index (χ4v) is 3.77. The van der Waals surface area contributed by atoms with Crippen LogP contribution in [0.5, 0.6) is 0 Å².